The van der Waals surface area contributed by atoms with Crippen LogP contribution in [0.15, 0.2) is 60.7 Å². The van der Waals surface area contributed by atoms with Gasteiger partial charge in [-0.1, -0.05) is 89.7 Å². The summed E-state index contributed by atoms with van der Waals surface area (Å²) in [6.45, 7) is 4.61. The van der Waals surface area contributed by atoms with Gasteiger partial charge in [-0.25, -0.2) is 27.8 Å². The lowest BCUT2D eigenvalue weighted by Crippen LogP contribution is -2.68. The van der Waals surface area contributed by atoms with Crippen molar-refractivity contribution >= 4 is 97.9 Å². The minimum absolute atomic E-state index is 0.371. The molecule has 3 saturated heterocycles. The number of benzene rings is 2. The molecule has 0 unspecified atom stereocenters. The summed E-state index contributed by atoms with van der Waals surface area (Å²) >= 11 is 14.5. The van der Waals surface area contributed by atoms with Gasteiger partial charge in [-0.05, 0) is 56.1 Å². The Kier molecular flexibility index (Phi) is 10.9. The fraction of sp³-hybridized carbons (Fsp3) is 0.357. The second-order valence-electron chi connectivity index (χ2n) is 10.5. The zero-order chi connectivity index (χ0) is 31.0. The highest BCUT2D eigenvalue weighted by atomic mass is 35.7. The third kappa shape index (κ3) is 8.48. The molecular weight excluding hydrogens is 759 g/mol. The molecule has 3 fully saturated rings. The molecule has 44 heavy (non-hydrogen) atoms. The standard InChI is InChI=1S/C28H26Cl2N2S7.ClHO4/c29-21-5-1-19(2-6-21)23-17-25(35-33-23)31-13-9-27(10-14-31)37-28(39-38-27)11-15-32(16-12-28)26-18-24(34-36-26)20-3-7-22(30)8-4-20;2-1(3,4)5/h1-8,17-18H,9-16H2;(H,2,3,4,5)/q+2;/p-1. The summed E-state index contributed by atoms with van der Waals surface area (Å²) in [4.78, 5) is 2.68. The number of hydrogen-bond acceptors (Lipinski definition) is 11. The Morgan fingerprint density at radius 2 is 0.909 bits per heavy atom. The van der Waals surface area contributed by atoms with E-state index in [1.807, 2.05) is 65.6 Å². The Hall–Kier alpha value is -0.1000. The van der Waals surface area contributed by atoms with Crippen LogP contribution in [-0.2, 0) is 0 Å². The monoisotopic (exact) mass is 783 g/mol. The van der Waals surface area contributed by atoms with Crippen molar-refractivity contribution in [2.75, 3.05) is 26.2 Å². The molecule has 7 rings (SSSR count). The number of rotatable bonds is 2. The minimum Gasteiger partial charge on any atom is -0.222 e. The van der Waals surface area contributed by atoms with Crippen LogP contribution in [-0.4, -0.2) is 34.3 Å². The van der Waals surface area contributed by atoms with Crippen molar-refractivity contribution in [3.05, 3.63) is 80.1 Å². The predicted octanol–water partition coefficient (Wildman–Crippen LogP) is 4.17. The molecule has 16 heteroatoms. The van der Waals surface area contributed by atoms with Crippen LogP contribution in [0, 0.1) is 10.2 Å². The van der Waals surface area contributed by atoms with E-state index in [0.717, 1.165) is 36.2 Å². The van der Waals surface area contributed by atoms with Gasteiger partial charge >= 0.3 is 0 Å². The van der Waals surface area contributed by atoms with Gasteiger partial charge in [-0.3, -0.25) is 0 Å². The van der Waals surface area contributed by atoms with Gasteiger partial charge in [-0.2, -0.15) is 0 Å². The summed E-state index contributed by atoms with van der Waals surface area (Å²) in [5.41, 5.74) is 2.52. The first-order valence-electron chi connectivity index (χ1n) is 13.6. The molecule has 2 aromatic carbocycles. The molecule has 6 nitrogen and oxygen atoms in total. The van der Waals surface area contributed by atoms with Gasteiger partial charge in [-0.15, -0.1) is 22.0 Å². The summed E-state index contributed by atoms with van der Waals surface area (Å²) in [7, 11) is 7.02. The van der Waals surface area contributed by atoms with Gasteiger partial charge in [0.2, 0.25) is 0 Å². The van der Waals surface area contributed by atoms with Gasteiger partial charge in [0, 0.05) is 47.9 Å². The van der Waals surface area contributed by atoms with E-state index in [1.54, 1.807) is 0 Å². The van der Waals surface area contributed by atoms with E-state index in [1.165, 1.54) is 55.9 Å². The topological polar surface area (TPSA) is 98.3 Å². The fourth-order valence-corrected chi connectivity index (χ4v) is 17.6. The molecule has 3 aliphatic rings. The van der Waals surface area contributed by atoms with E-state index in [0.29, 0.717) is 8.16 Å². The lowest BCUT2D eigenvalue weighted by atomic mass is 10.1. The summed E-state index contributed by atoms with van der Waals surface area (Å²) in [6, 6.07) is 21.2. The number of halogens is 3. The molecule has 3 aliphatic heterocycles. The Morgan fingerprint density at radius 1 is 0.568 bits per heavy atom. The van der Waals surface area contributed by atoms with E-state index < -0.39 is 10.2 Å². The smallest absolute Gasteiger partial charge is 0.222 e. The molecule has 5 heterocycles. The molecule has 0 radical (unpaired) electrons. The van der Waals surface area contributed by atoms with Crippen LogP contribution in [0.3, 0.4) is 0 Å². The van der Waals surface area contributed by atoms with Crippen molar-refractivity contribution in [2.45, 2.75) is 33.8 Å². The molecule has 0 saturated carbocycles. The van der Waals surface area contributed by atoms with E-state index >= 15 is 0 Å². The van der Waals surface area contributed by atoms with Crippen LogP contribution in [0.5, 0.6) is 0 Å². The van der Waals surface area contributed by atoms with Crippen molar-refractivity contribution in [1.82, 2.24) is 9.15 Å². The summed E-state index contributed by atoms with van der Waals surface area (Å²) in [5, 5.41) is 1.59. The predicted molar refractivity (Wildman–Crippen MR) is 182 cm³/mol. The van der Waals surface area contributed by atoms with Gasteiger partial charge in [0.15, 0.2) is 0 Å². The minimum atomic E-state index is -4.94. The number of thioether (sulfide) groups is 1. The molecule has 0 amide bonds. The first-order valence-corrected chi connectivity index (χ1v) is 22.8. The summed E-state index contributed by atoms with van der Waals surface area (Å²) < 4.78 is 42.8. The van der Waals surface area contributed by atoms with Crippen LogP contribution in [0.1, 0.15) is 25.7 Å². The molecule has 2 aromatic heterocycles. The van der Waals surface area contributed by atoms with Gasteiger partial charge in [0.25, 0.3) is 9.34 Å². The van der Waals surface area contributed by atoms with Gasteiger partial charge in [0.05, 0.1) is 17.9 Å². The quantitative estimate of drug-likeness (QED) is 0.223. The maximum absolute atomic E-state index is 8.49. The van der Waals surface area contributed by atoms with E-state index in [4.69, 9.17) is 41.8 Å². The van der Waals surface area contributed by atoms with Crippen molar-refractivity contribution in [3.63, 3.8) is 0 Å². The largest absolute Gasteiger partial charge is 0.267 e. The van der Waals surface area contributed by atoms with E-state index in [-0.39, 0.29) is 0 Å². The highest BCUT2D eigenvalue weighted by Gasteiger charge is 2.54. The fourth-order valence-electron chi connectivity index (χ4n) is 5.31. The maximum atomic E-state index is 8.49. The molecule has 2 spiro atoms. The van der Waals surface area contributed by atoms with E-state index in [9.17, 15) is 0 Å². The second-order valence-corrected chi connectivity index (χ2v) is 21.7. The number of hydrogen-bond donors (Lipinski definition) is 0. The maximum Gasteiger partial charge on any atom is 0.267 e. The first-order chi connectivity index (χ1) is 21.0. The average molecular weight is 785 g/mol. The first kappa shape index (κ1) is 33.8. The average Bonchev–Trinajstić information content (AvgIpc) is 3.75. The third-order valence-corrected chi connectivity index (χ3v) is 19.9. The summed E-state index contributed by atoms with van der Waals surface area (Å²) in [6.07, 6.45) is 5.04. The van der Waals surface area contributed by atoms with Crippen LogP contribution >= 0.6 is 97.9 Å². The lowest BCUT2D eigenvalue weighted by Gasteiger charge is -2.33. The highest BCUT2D eigenvalue weighted by molar-refractivity contribution is 8.83. The van der Waals surface area contributed by atoms with E-state index in [2.05, 4.69) is 78.9 Å². The van der Waals surface area contributed by atoms with Crippen molar-refractivity contribution in [3.8, 4) is 20.9 Å². The lowest BCUT2D eigenvalue weighted by molar-refractivity contribution is -2.00. The number of piperidine rings is 2. The van der Waals surface area contributed by atoms with Crippen LogP contribution < -0.4 is 37.1 Å². The van der Waals surface area contributed by atoms with Crippen molar-refractivity contribution in [2.24, 2.45) is 0 Å². The van der Waals surface area contributed by atoms with Crippen molar-refractivity contribution in [1.29, 1.82) is 0 Å². The second kappa shape index (κ2) is 14.2. The molecule has 234 valence electrons. The molecule has 0 bridgehead atoms. The van der Waals surface area contributed by atoms with Crippen molar-refractivity contribution < 1.29 is 28.9 Å². The Balaban J connectivity index is 0.000000637. The van der Waals surface area contributed by atoms with Gasteiger partial charge < -0.3 is 0 Å². The third-order valence-electron chi connectivity index (χ3n) is 7.59. The van der Waals surface area contributed by atoms with Gasteiger partial charge in [0.1, 0.15) is 26.2 Å². The molecule has 0 atom stereocenters. The highest BCUT2D eigenvalue weighted by Crippen LogP contribution is 2.70. The SMILES string of the molecule is Clc1ccc(-c2cc(=[N+]3CCC4(CC3)SSC3(CC[N+](=c5cc(-c6ccc(Cl)cc6)ss5)CC3)S4)ss2)cc1.[O-][Cl+3]([O-])([O-])[O-]. The van der Waals surface area contributed by atoms with Crippen LogP contribution in [0.25, 0.3) is 20.9 Å². The number of nitrogens with zero attached hydrogens (tertiary/aromatic N) is 2. The normalized spacial score (nSPS) is 23.7. The van der Waals surface area contributed by atoms with Crippen LogP contribution in [0.2, 0.25) is 10.0 Å². The molecule has 0 N–H and O–H groups in total. The zero-order valence-corrected chi connectivity index (χ0v) is 30.9. The molecular formula is C28H26Cl3N2O4S7+. The Bertz CT molecular complexity index is 1600. The Labute approximate surface area is 294 Å². The molecule has 0 aliphatic carbocycles. The van der Waals surface area contributed by atoms with Crippen LogP contribution in [0.4, 0.5) is 0 Å². The molecule has 4 aromatic rings. The Morgan fingerprint density at radius 3 is 1.25 bits per heavy atom. The summed E-state index contributed by atoms with van der Waals surface area (Å²) in [5.74, 6) is 0. The zero-order valence-electron chi connectivity index (χ0n) is 22.9.